The van der Waals surface area contributed by atoms with Crippen LogP contribution in [0.3, 0.4) is 0 Å². The summed E-state index contributed by atoms with van der Waals surface area (Å²) < 4.78 is 0. The fourth-order valence-corrected chi connectivity index (χ4v) is 3.22. The Labute approximate surface area is 144 Å². The van der Waals surface area contributed by atoms with Gasteiger partial charge in [0.25, 0.3) is 0 Å². The molecule has 0 heterocycles. The van der Waals surface area contributed by atoms with E-state index in [9.17, 15) is 4.79 Å². The van der Waals surface area contributed by atoms with Crippen molar-refractivity contribution in [2.75, 3.05) is 0 Å². The Bertz CT molecular complexity index is 309. The second-order valence-corrected chi connectivity index (χ2v) is 7.05. The van der Waals surface area contributed by atoms with Crippen molar-refractivity contribution in [2.45, 2.75) is 109 Å². The van der Waals surface area contributed by atoms with Crippen molar-refractivity contribution in [1.29, 1.82) is 0 Å². The lowest BCUT2D eigenvalue weighted by Gasteiger charge is -2.03. The number of ketones is 1. The van der Waals surface area contributed by atoms with Crippen molar-refractivity contribution >= 4 is 5.78 Å². The molecule has 0 saturated heterocycles. The van der Waals surface area contributed by atoms with Gasteiger partial charge in [0, 0.05) is 6.42 Å². The first kappa shape index (κ1) is 20.2. The van der Waals surface area contributed by atoms with Crippen LogP contribution in [0.25, 0.3) is 0 Å². The van der Waals surface area contributed by atoms with Gasteiger partial charge in [-0.25, -0.2) is 0 Å². The van der Waals surface area contributed by atoms with Crippen LogP contribution in [0.1, 0.15) is 109 Å². The van der Waals surface area contributed by atoms with Crippen LogP contribution in [0, 0.1) is 0 Å². The van der Waals surface area contributed by atoms with Crippen LogP contribution in [0.15, 0.2) is 24.3 Å². The van der Waals surface area contributed by atoms with Gasteiger partial charge in [0.2, 0.25) is 0 Å². The van der Waals surface area contributed by atoms with E-state index in [2.05, 4.69) is 12.2 Å². The van der Waals surface area contributed by atoms with Crippen molar-refractivity contribution in [3.63, 3.8) is 0 Å². The summed E-state index contributed by atoms with van der Waals surface area (Å²) in [5, 5.41) is 0. The second kappa shape index (κ2) is 16.0. The molecule has 23 heavy (non-hydrogen) atoms. The maximum Gasteiger partial charge on any atom is 0.155 e. The minimum absolute atomic E-state index is 0.284. The van der Waals surface area contributed by atoms with Gasteiger partial charge in [-0.05, 0) is 44.6 Å². The van der Waals surface area contributed by atoms with E-state index in [1.807, 2.05) is 6.08 Å². The molecule has 0 unspecified atom stereocenters. The molecular weight excluding hydrogens is 280 g/mol. The molecule has 2 rings (SSSR count). The summed E-state index contributed by atoms with van der Waals surface area (Å²) in [4.78, 5) is 10.4. The fraction of sp³-hybridized carbons (Fsp3) is 0.773. The predicted octanol–water partition coefficient (Wildman–Crippen LogP) is 7.31. The van der Waals surface area contributed by atoms with Crippen molar-refractivity contribution in [2.24, 2.45) is 0 Å². The molecule has 0 aliphatic heterocycles. The molecule has 0 aromatic carbocycles. The van der Waals surface area contributed by atoms with Crippen molar-refractivity contribution in [3.05, 3.63) is 24.3 Å². The third-order valence-corrected chi connectivity index (χ3v) is 4.76. The van der Waals surface area contributed by atoms with Crippen LogP contribution in [-0.2, 0) is 4.79 Å². The Morgan fingerprint density at radius 3 is 1.17 bits per heavy atom. The molecule has 0 atom stereocenters. The summed E-state index contributed by atoms with van der Waals surface area (Å²) in [6.45, 7) is 0. The van der Waals surface area contributed by atoms with Crippen LogP contribution in [0.5, 0.6) is 0 Å². The number of hydrogen-bond donors (Lipinski definition) is 0. The molecule has 0 aromatic heterocycles. The lowest BCUT2D eigenvalue weighted by atomic mass is 10.0. The van der Waals surface area contributed by atoms with Gasteiger partial charge in [-0.3, -0.25) is 4.79 Å². The molecule has 2 aliphatic carbocycles. The molecule has 0 aromatic rings. The smallest absolute Gasteiger partial charge is 0.155 e. The monoisotopic (exact) mass is 318 g/mol. The highest BCUT2D eigenvalue weighted by Gasteiger charge is 1.98. The van der Waals surface area contributed by atoms with E-state index in [-0.39, 0.29) is 5.78 Å². The average molecular weight is 319 g/mol. The van der Waals surface area contributed by atoms with Gasteiger partial charge in [-0.1, -0.05) is 82.4 Å². The number of rotatable bonds is 0. The Morgan fingerprint density at radius 2 is 0.870 bits per heavy atom. The molecule has 0 amide bonds. The van der Waals surface area contributed by atoms with Crippen LogP contribution in [0.2, 0.25) is 0 Å². The highest BCUT2D eigenvalue weighted by Crippen LogP contribution is 2.14. The summed E-state index contributed by atoms with van der Waals surface area (Å²) >= 11 is 0. The first-order chi connectivity index (χ1) is 11.4. The molecule has 1 heteroatoms. The van der Waals surface area contributed by atoms with E-state index >= 15 is 0 Å². The Hall–Kier alpha value is -0.850. The molecular formula is C22H38O. The SMILES string of the molecule is C1=CCCCCCCCCCCCCCC1.O=C1C=CCCC1. The average Bonchev–Trinajstić information content (AvgIpc) is 2.56. The minimum atomic E-state index is 0.284. The summed E-state index contributed by atoms with van der Waals surface area (Å²) in [5.74, 6) is 0.284. The summed E-state index contributed by atoms with van der Waals surface area (Å²) in [7, 11) is 0. The largest absolute Gasteiger partial charge is 0.295 e. The van der Waals surface area contributed by atoms with Crippen molar-refractivity contribution < 1.29 is 4.79 Å². The first-order valence-electron chi connectivity index (χ1n) is 10.2. The molecule has 2 aliphatic rings. The van der Waals surface area contributed by atoms with E-state index in [1.165, 1.54) is 89.9 Å². The zero-order valence-corrected chi connectivity index (χ0v) is 15.2. The molecule has 0 bridgehead atoms. The number of carbonyl (C=O) groups is 1. The Morgan fingerprint density at radius 1 is 0.478 bits per heavy atom. The topological polar surface area (TPSA) is 17.1 Å². The molecule has 0 spiro atoms. The van der Waals surface area contributed by atoms with Crippen molar-refractivity contribution in [3.8, 4) is 0 Å². The molecule has 0 fully saturated rings. The number of allylic oxidation sites excluding steroid dienone is 4. The molecule has 0 saturated carbocycles. The molecule has 1 nitrogen and oxygen atoms in total. The highest BCUT2D eigenvalue weighted by molar-refractivity contribution is 5.90. The maximum atomic E-state index is 10.4. The van der Waals surface area contributed by atoms with Gasteiger partial charge in [0.1, 0.15) is 0 Å². The number of hydrogen-bond acceptors (Lipinski definition) is 1. The van der Waals surface area contributed by atoms with Gasteiger partial charge in [0.15, 0.2) is 5.78 Å². The van der Waals surface area contributed by atoms with Crippen LogP contribution in [-0.4, -0.2) is 5.78 Å². The summed E-state index contributed by atoms with van der Waals surface area (Å²) in [6, 6.07) is 0. The minimum Gasteiger partial charge on any atom is -0.295 e. The van der Waals surface area contributed by atoms with Gasteiger partial charge < -0.3 is 0 Å². The normalized spacial score (nSPS) is 22.2. The van der Waals surface area contributed by atoms with E-state index in [0.29, 0.717) is 0 Å². The Balaban J connectivity index is 0.000000313. The molecule has 0 radical (unpaired) electrons. The highest BCUT2D eigenvalue weighted by atomic mass is 16.1. The lowest BCUT2D eigenvalue weighted by molar-refractivity contribution is -0.114. The predicted molar refractivity (Wildman–Crippen MR) is 102 cm³/mol. The van der Waals surface area contributed by atoms with Gasteiger partial charge in [-0.2, -0.15) is 0 Å². The van der Waals surface area contributed by atoms with Crippen molar-refractivity contribution in [1.82, 2.24) is 0 Å². The molecule has 132 valence electrons. The van der Waals surface area contributed by atoms with E-state index in [4.69, 9.17) is 0 Å². The summed E-state index contributed by atoms with van der Waals surface area (Å²) in [5.41, 5.74) is 0. The zero-order chi connectivity index (χ0) is 16.4. The number of carbonyl (C=O) groups excluding carboxylic acids is 1. The molecule has 0 N–H and O–H groups in total. The third-order valence-electron chi connectivity index (χ3n) is 4.76. The fourth-order valence-electron chi connectivity index (χ4n) is 3.22. The van der Waals surface area contributed by atoms with Crippen LogP contribution < -0.4 is 0 Å². The maximum absolute atomic E-state index is 10.4. The van der Waals surface area contributed by atoms with E-state index in [0.717, 1.165) is 19.3 Å². The van der Waals surface area contributed by atoms with Crippen LogP contribution in [0.4, 0.5) is 0 Å². The zero-order valence-electron chi connectivity index (χ0n) is 15.2. The van der Waals surface area contributed by atoms with E-state index in [1.54, 1.807) is 6.08 Å². The first-order valence-corrected chi connectivity index (χ1v) is 10.2. The lowest BCUT2D eigenvalue weighted by Crippen LogP contribution is -1.95. The van der Waals surface area contributed by atoms with Crippen LogP contribution >= 0.6 is 0 Å². The standard InChI is InChI=1S/C16H30.C6H8O/c1-2-4-6-8-10-12-14-16-15-13-11-9-7-5-3-1;7-6-4-2-1-3-5-6/h1-2H,3-16H2;2,4H,1,3,5H2. The van der Waals surface area contributed by atoms with Gasteiger partial charge in [0.05, 0.1) is 0 Å². The Kier molecular flexibility index (Phi) is 14.1. The van der Waals surface area contributed by atoms with E-state index < -0.39 is 0 Å². The third kappa shape index (κ3) is 14.5. The van der Waals surface area contributed by atoms with Gasteiger partial charge in [-0.15, -0.1) is 0 Å². The van der Waals surface area contributed by atoms with Gasteiger partial charge >= 0.3 is 0 Å². The summed E-state index contributed by atoms with van der Waals surface area (Å²) in [6.07, 6.45) is 31.5. The quantitative estimate of drug-likeness (QED) is 0.428. The second-order valence-electron chi connectivity index (χ2n) is 7.05.